The summed E-state index contributed by atoms with van der Waals surface area (Å²) in [7, 11) is 2.40. The summed E-state index contributed by atoms with van der Waals surface area (Å²) in [6, 6.07) is 2.37. The van der Waals surface area contributed by atoms with Gasteiger partial charge in [0.1, 0.15) is 5.56 Å². The van der Waals surface area contributed by atoms with Gasteiger partial charge in [-0.2, -0.15) is 18.2 Å². The van der Waals surface area contributed by atoms with E-state index in [-0.39, 0.29) is 17.1 Å². The van der Waals surface area contributed by atoms with E-state index < -0.39 is 17.3 Å². The summed E-state index contributed by atoms with van der Waals surface area (Å²) in [5, 5.41) is 0. The standard InChI is InChI=1S/C13H12F3NO3/c1-19-10-6-8(12(3-4-12)17-7-18)5-9(11(10)20-2)13(14,15)16/h5-6H,3-4H2,1-2H3. The number of hydrogen-bond acceptors (Lipinski definition) is 4. The Labute approximate surface area is 113 Å². The first-order valence-corrected chi connectivity index (χ1v) is 5.80. The number of methoxy groups -OCH3 is 2. The van der Waals surface area contributed by atoms with Crippen molar-refractivity contribution < 1.29 is 27.4 Å². The molecule has 0 spiro atoms. The lowest BCUT2D eigenvalue weighted by Crippen LogP contribution is -2.12. The molecule has 1 aromatic carbocycles. The molecule has 1 aliphatic rings. The van der Waals surface area contributed by atoms with Gasteiger partial charge >= 0.3 is 6.18 Å². The zero-order valence-electron chi connectivity index (χ0n) is 10.9. The molecular weight excluding hydrogens is 275 g/mol. The van der Waals surface area contributed by atoms with Crippen LogP contribution in [0.5, 0.6) is 11.5 Å². The first-order chi connectivity index (χ1) is 9.38. The highest BCUT2D eigenvalue weighted by molar-refractivity contribution is 5.54. The quantitative estimate of drug-likeness (QED) is 0.631. The van der Waals surface area contributed by atoms with Gasteiger partial charge in [0.25, 0.3) is 0 Å². The van der Waals surface area contributed by atoms with Gasteiger partial charge in [0.15, 0.2) is 11.5 Å². The second-order valence-corrected chi connectivity index (χ2v) is 4.49. The van der Waals surface area contributed by atoms with Crippen LogP contribution in [0.4, 0.5) is 13.2 Å². The van der Waals surface area contributed by atoms with E-state index in [1.807, 2.05) is 0 Å². The maximum Gasteiger partial charge on any atom is 0.420 e. The Morgan fingerprint density at radius 3 is 2.30 bits per heavy atom. The van der Waals surface area contributed by atoms with E-state index in [2.05, 4.69) is 4.99 Å². The summed E-state index contributed by atoms with van der Waals surface area (Å²) < 4.78 is 49.0. The molecule has 108 valence electrons. The topological polar surface area (TPSA) is 47.9 Å². The highest BCUT2D eigenvalue weighted by Crippen LogP contribution is 2.53. The lowest BCUT2D eigenvalue weighted by Gasteiger charge is -2.18. The van der Waals surface area contributed by atoms with Gasteiger partial charge in [0.05, 0.1) is 19.8 Å². The summed E-state index contributed by atoms with van der Waals surface area (Å²) in [5.74, 6) is -0.417. The van der Waals surface area contributed by atoms with Crippen LogP contribution in [0, 0.1) is 0 Å². The van der Waals surface area contributed by atoms with Gasteiger partial charge in [-0.25, -0.2) is 4.79 Å². The summed E-state index contributed by atoms with van der Waals surface area (Å²) in [5.41, 5.74) is -1.56. The van der Waals surface area contributed by atoms with Crippen LogP contribution in [-0.2, 0) is 16.5 Å². The fourth-order valence-electron chi connectivity index (χ4n) is 2.11. The molecule has 0 atom stereocenters. The van der Waals surface area contributed by atoms with Crippen molar-refractivity contribution in [2.75, 3.05) is 14.2 Å². The third-order valence-corrected chi connectivity index (χ3v) is 3.30. The van der Waals surface area contributed by atoms with Crippen molar-refractivity contribution in [1.82, 2.24) is 0 Å². The normalized spacial score (nSPS) is 16.2. The van der Waals surface area contributed by atoms with Gasteiger partial charge in [-0.1, -0.05) is 0 Å². The number of halogens is 3. The van der Waals surface area contributed by atoms with Crippen LogP contribution in [0.25, 0.3) is 0 Å². The maximum atomic E-state index is 13.1. The molecule has 0 radical (unpaired) electrons. The Hall–Kier alpha value is -2.01. The lowest BCUT2D eigenvalue weighted by molar-refractivity contribution is -0.138. The predicted molar refractivity (Wildman–Crippen MR) is 63.6 cm³/mol. The van der Waals surface area contributed by atoms with Crippen LogP contribution >= 0.6 is 0 Å². The summed E-state index contributed by atoms with van der Waals surface area (Å²) in [4.78, 5) is 14.0. The van der Waals surface area contributed by atoms with Gasteiger partial charge in [0.2, 0.25) is 6.08 Å². The zero-order valence-corrected chi connectivity index (χ0v) is 10.9. The first-order valence-electron chi connectivity index (χ1n) is 5.80. The summed E-state index contributed by atoms with van der Waals surface area (Å²) in [6.07, 6.45) is -2.15. The fourth-order valence-corrected chi connectivity index (χ4v) is 2.11. The van der Waals surface area contributed by atoms with Gasteiger partial charge in [-0.05, 0) is 30.5 Å². The number of rotatable bonds is 4. The zero-order chi connectivity index (χ0) is 15.0. The minimum absolute atomic E-state index is 0.0373. The van der Waals surface area contributed by atoms with Crippen molar-refractivity contribution in [3.05, 3.63) is 23.3 Å². The number of hydrogen-bond donors (Lipinski definition) is 0. The minimum Gasteiger partial charge on any atom is -0.493 e. The van der Waals surface area contributed by atoms with Gasteiger partial charge in [-0.15, -0.1) is 0 Å². The first kappa shape index (κ1) is 14.4. The second-order valence-electron chi connectivity index (χ2n) is 4.49. The number of aliphatic imine (C=N–C) groups is 1. The average Bonchev–Trinajstić information content (AvgIpc) is 3.17. The van der Waals surface area contributed by atoms with Crippen molar-refractivity contribution in [2.45, 2.75) is 24.6 Å². The fraction of sp³-hybridized carbons (Fsp3) is 0.462. The van der Waals surface area contributed by atoms with Crippen LogP contribution in [0.1, 0.15) is 24.0 Å². The summed E-state index contributed by atoms with van der Waals surface area (Å²) in [6.45, 7) is 0. The van der Waals surface area contributed by atoms with Crippen molar-refractivity contribution in [3.8, 4) is 11.5 Å². The Kier molecular flexibility index (Phi) is 3.48. The molecule has 0 amide bonds. The van der Waals surface area contributed by atoms with Gasteiger partial charge in [-0.3, -0.25) is 0 Å². The molecule has 1 aromatic rings. The third kappa shape index (κ3) is 2.36. The maximum absolute atomic E-state index is 13.1. The smallest absolute Gasteiger partial charge is 0.420 e. The number of benzene rings is 1. The number of isocyanates is 1. The van der Waals surface area contributed by atoms with E-state index in [1.54, 1.807) is 0 Å². The predicted octanol–water partition coefficient (Wildman–Crippen LogP) is 3.05. The number of nitrogens with zero attached hydrogens (tertiary/aromatic N) is 1. The minimum atomic E-state index is -4.59. The van der Waals surface area contributed by atoms with E-state index in [4.69, 9.17) is 9.47 Å². The molecule has 0 unspecified atom stereocenters. The molecule has 0 bridgehead atoms. The Morgan fingerprint density at radius 2 is 1.90 bits per heavy atom. The number of ether oxygens (including phenoxy) is 2. The van der Waals surface area contributed by atoms with E-state index in [1.165, 1.54) is 19.3 Å². The highest BCUT2D eigenvalue weighted by atomic mass is 19.4. The molecule has 2 rings (SSSR count). The van der Waals surface area contributed by atoms with Crippen LogP contribution < -0.4 is 9.47 Å². The average molecular weight is 287 g/mol. The SMILES string of the molecule is COc1cc(C2(N=C=O)CC2)cc(C(F)(F)F)c1OC. The molecule has 1 fully saturated rings. The van der Waals surface area contributed by atoms with Gasteiger partial charge in [0, 0.05) is 0 Å². The van der Waals surface area contributed by atoms with Gasteiger partial charge < -0.3 is 9.47 Å². The molecule has 0 N–H and O–H groups in total. The van der Waals surface area contributed by atoms with Crippen molar-refractivity contribution in [3.63, 3.8) is 0 Å². The Morgan fingerprint density at radius 1 is 1.25 bits per heavy atom. The highest BCUT2D eigenvalue weighted by Gasteiger charge is 2.47. The number of carbonyl (C=O) groups excluding carboxylic acids is 1. The van der Waals surface area contributed by atoms with E-state index in [0.717, 1.165) is 13.2 Å². The molecule has 7 heteroatoms. The molecule has 0 heterocycles. The van der Waals surface area contributed by atoms with Crippen LogP contribution in [0.3, 0.4) is 0 Å². The lowest BCUT2D eigenvalue weighted by atomic mass is 10.0. The van der Waals surface area contributed by atoms with Crippen molar-refractivity contribution in [2.24, 2.45) is 4.99 Å². The van der Waals surface area contributed by atoms with Crippen LogP contribution in [-0.4, -0.2) is 20.3 Å². The molecule has 1 aliphatic carbocycles. The molecule has 20 heavy (non-hydrogen) atoms. The second kappa shape index (κ2) is 4.83. The number of alkyl halides is 3. The molecule has 0 saturated heterocycles. The molecule has 1 saturated carbocycles. The Bertz CT molecular complexity index is 573. The van der Waals surface area contributed by atoms with Crippen molar-refractivity contribution >= 4 is 6.08 Å². The Balaban J connectivity index is 2.65. The van der Waals surface area contributed by atoms with E-state index in [0.29, 0.717) is 12.8 Å². The van der Waals surface area contributed by atoms with Crippen LogP contribution in [0.15, 0.2) is 17.1 Å². The monoisotopic (exact) mass is 287 g/mol. The molecule has 4 nitrogen and oxygen atoms in total. The summed E-state index contributed by atoms with van der Waals surface area (Å²) >= 11 is 0. The van der Waals surface area contributed by atoms with E-state index >= 15 is 0 Å². The third-order valence-electron chi connectivity index (χ3n) is 3.30. The molecule has 0 aromatic heterocycles. The van der Waals surface area contributed by atoms with E-state index in [9.17, 15) is 18.0 Å². The van der Waals surface area contributed by atoms with Crippen molar-refractivity contribution in [1.29, 1.82) is 0 Å². The molecule has 0 aliphatic heterocycles. The van der Waals surface area contributed by atoms with Crippen LogP contribution in [0.2, 0.25) is 0 Å². The molecular formula is C13H12F3NO3. The largest absolute Gasteiger partial charge is 0.493 e.